The average molecular weight is 233 g/mol. The molecule has 0 spiro atoms. The number of allylic oxidation sites excluding steroid dienone is 2. The summed E-state index contributed by atoms with van der Waals surface area (Å²) in [5.41, 5.74) is 6.03. The van der Waals surface area contributed by atoms with Crippen molar-refractivity contribution in [2.24, 2.45) is 0 Å². The molecule has 0 bridgehead atoms. The van der Waals surface area contributed by atoms with Gasteiger partial charge < -0.3 is 9.94 Å². The summed E-state index contributed by atoms with van der Waals surface area (Å²) in [7, 11) is 1.88. The summed E-state index contributed by atoms with van der Waals surface area (Å²) in [6.07, 6.45) is 0. The Bertz CT molecular complexity index is 530. The van der Waals surface area contributed by atoms with Crippen molar-refractivity contribution in [3.05, 3.63) is 28.0 Å². The summed E-state index contributed by atoms with van der Waals surface area (Å²) in [5, 5.41) is 12.0. The smallest absolute Gasteiger partial charge is 0.169 e. The van der Waals surface area contributed by atoms with Gasteiger partial charge in [0.2, 0.25) is 0 Å². The van der Waals surface area contributed by atoms with Crippen LogP contribution in [-0.4, -0.2) is 17.2 Å². The number of hydrogen-bond acceptors (Lipinski definition) is 3. The Hall–Kier alpha value is -1.64. The SMILES string of the molecule is CC1=C(C)N(C)Oc2c(C)c(C)c(C)c(O)c21. The fraction of sp³-hybridized carbons (Fsp3) is 0.429. The predicted octanol–water partition coefficient (Wildman–Crippen LogP) is 3.31. The maximum atomic E-state index is 10.3. The molecule has 0 amide bonds. The van der Waals surface area contributed by atoms with Gasteiger partial charge in [-0.25, -0.2) is 5.06 Å². The molecule has 0 saturated carbocycles. The van der Waals surface area contributed by atoms with Crippen LogP contribution in [0, 0.1) is 20.8 Å². The third-order valence-corrected chi connectivity index (χ3v) is 3.90. The number of rotatable bonds is 0. The zero-order chi connectivity index (χ0) is 12.9. The molecule has 0 atom stereocenters. The lowest BCUT2D eigenvalue weighted by atomic mass is 9.92. The largest absolute Gasteiger partial charge is 0.507 e. The van der Waals surface area contributed by atoms with Gasteiger partial charge in [0.25, 0.3) is 0 Å². The topological polar surface area (TPSA) is 32.7 Å². The van der Waals surface area contributed by atoms with Crippen molar-refractivity contribution in [3.8, 4) is 11.5 Å². The zero-order valence-corrected chi connectivity index (χ0v) is 11.3. The van der Waals surface area contributed by atoms with Crippen molar-refractivity contribution < 1.29 is 9.94 Å². The maximum Gasteiger partial charge on any atom is 0.169 e. The first-order valence-corrected chi connectivity index (χ1v) is 5.78. The van der Waals surface area contributed by atoms with Gasteiger partial charge in [0.05, 0.1) is 11.3 Å². The molecule has 0 saturated heterocycles. The second-order valence-corrected chi connectivity index (χ2v) is 4.73. The molecule has 92 valence electrons. The molecule has 1 aliphatic heterocycles. The molecule has 1 N–H and O–H groups in total. The highest BCUT2D eigenvalue weighted by Gasteiger charge is 2.26. The highest BCUT2D eigenvalue weighted by Crippen LogP contribution is 2.45. The predicted molar refractivity (Wildman–Crippen MR) is 69.0 cm³/mol. The van der Waals surface area contributed by atoms with Crippen LogP contribution in [0.3, 0.4) is 0 Å². The minimum atomic E-state index is 0.341. The summed E-state index contributed by atoms with van der Waals surface area (Å²) < 4.78 is 0. The van der Waals surface area contributed by atoms with E-state index in [1.807, 2.05) is 41.7 Å². The van der Waals surface area contributed by atoms with Crippen molar-refractivity contribution in [2.75, 3.05) is 7.05 Å². The van der Waals surface area contributed by atoms with Crippen LogP contribution >= 0.6 is 0 Å². The Morgan fingerprint density at radius 1 is 0.941 bits per heavy atom. The van der Waals surface area contributed by atoms with Crippen LogP contribution in [0.1, 0.15) is 36.1 Å². The number of phenols is 1. The molecule has 17 heavy (non-hydrogen) atoms. The molecular formula is C14H19NO2. The number of fused-ring (bicyclic) bond motifs is 1. The second-order valence-electron chi connectivity index (χ2n) is 4.73. The van der Waals surface area contributed by atoms with Crippen LogP contribution in [0.5, 0.6) is 11.5 Å². The molecule has 0 radical (unpaired) electrons. The summed E-state index contributed by atoms with van der Waals surface area (Å²) >= 11 is 0. The molecule has 1 aliphatic rings. The van der Waals surface area contributed by atoms with Crippen molar-refractivity contribution in [1.82, 2.24) is 5.06 Å². The van der Waals surface area contributed by atoms with E-state index in [1.165, 1.54) is 0 Å². The highest BCUT2D eigenvalue weighted by molar-refractivity contribution is 5.80. The van der Waals surface area contributed by atoms with Gasteiger partial charge in [-0.05, 0) is 56.9 Å². The minimum Gasteiger partial charge on any atom is -0.507 e. The second kappa shape index (κ2) is 3.69. The molecule has 0 unspecified atom stereocenters. The van der Waals surface area contributed by atoms with E-state index in [9.17, 15) is 5.11 Å². The summed E-state index contributed by atoms with van der Waals surface area (Å²) in [5.74, 6) is 1.12. The number of phenolic OH excluding ortho intramolecular Hbond substituents is 1. The minimum absolute atomic E-state index is 0.341. The molecule has 0 aromatic heterocycles. The molecule has 1 aromatic carbocycles. The first-order valence-electron chi connectivity index (χ1n) is 5.78. The van der Waals surface area contributed by atoms with Crippen LogP contribution in [0.4, 0.5) is 0 Å². The molecule has 0 fully saturated rings. The summed E-state index contributed by atoms with van der Waals surface area (Å²) in [4.78, 5) is 5.78. The number of hydroxylamine groups is 2. The molecule has 0 aliphatic carbocycles. The molecule has 3 nitrogen and oxygen atoms in total. The first kappa shape index (κ1) is 11.8. The van der Waals surface area contributed by atoms with E-state index >= 15 is 0 Å². The third-order valence-electron chi connectivity index (χ3n) is 3.90. The van der Waals surface area contributed by atoms with Crippen LogP contribution in [0.2, 0.25) is 0 Å². The van der Waals surface area contributed by atoms with Crippen molar-refractivity contribution >= 4 is 5.57 Å². The Balaban J connectivity index is 2.85. The number of nitrogens with zero attached hydrogens (tertiary/aromatic N) is 1. The fourth-order valence-electron chi connectivity index (χ4n) is 2.20. The Morgan fingerprint density at radius 2 is 1.53 bits per heavy atom. The van der Waals surface area contributed by atoms with Gasteiger partial charge in [-0.2, -0.15) is 0 Å². The van der Waals surface area contributed by atoms with E-state index in [0.29, 0.717) is 5.75 Å². The normalized spacial score (nSPS) is 14.8. The van der Waals surface area contributed by atoms with E-state index in [4.69, 9.17) is 4.84 Å². The van der Waals surface area contributed by atoms with E-state index in [0.717, 1.165) is 39.3 Å². The summed E-state index contributed by atoms with van der Waals surface area (Å²) in [6.45, 7) is 9.99. The molecular weight excluding hydrogens is 214 g/mol. The van der Waals surface area contributed by atoms with Crippen molar-refractivity contribution in [3.63, 3.8) is 0 Å². The lowest BCUT2D eigenvalue weighted by Crippen LogP contribution is -2.26. The standard InChI is InChI=1S/C14H19NO2/c1-7-8(2)13(16)12-10(4)11(5)15(6)17-14(12)9(7)3/h16H,1-6H3. The van der Waals surface area contributed by atoms with E-state index < -0.39 is 0 Å². The van der Waals surface area contributed by atoms with Crippen LogP contribution in [0.15, 0.2) is 5.70 Å². The van der Waals surface area contributed by atoms with Gasteiger partial charge in [-0.1, -0.05) is 0 Å². The lowest BCUT2D eigenvalue weighted by Gasteiger charge is -2.31. The van der Waals surface area contributed by atoms with Crippen molar-refractivity contribution in [2.45, 2.75) is 34.6 Å². The monoisotopic (exact) mass is 233 g/mol. The van der Waals surface area contributed by atoms with Gasteiger partial charge in [0.15, 0.2) is 5.75 Å². The fourth-order valence-corrected chi connectivity index (χ4v) is 2.20. The third kappa shape index (κ3) is 1.49. The number of benzene rings is 1. The van der Waals surface area contributed by atoms with Gasteiger partial charge in [0.1, 0.15) is 5.75 Å². The quantitative estimate of drug-likeness (QED) is 0.746. The molecule has 2 rings (SSSR count). The van der Waals surface area contributed by atoms with Gasteiger partial charge in [0, 0.05) is 7.05 Å². The van der Waals surface area contributed by atoms with Crippen LogP contribution < -0.4 is 4.84 Å². The lowest BCUT2D eigenvalue weighted by molar-refractivity contribution is 0.00130. The molecule has 3 heteroatoms. The molecule has 1 heterocycles. The number of hydrogen-bond donors (Lipinski definition) is 1. The van der Waals surface area contributed by atoms with E-state index in [1.54, 1.807) is 5.06 Å². The number of aromatic hydroxyl groups is 1. The van der Waals surface area contributed by atoms with Crippen LogP contribution in [-0.2, 0) is 0 Å². The van der Waals surface area contributed by atoms with Crippen molar-refractivity contribution in [1.29, 1.82) is 0 Å². The van der Waals surface area contributed by atoms with Gasteiger partial charge in [-0.15, -0.1) is 0 Å². The maximum absolute atomic E-state index is 10.3. The summed E-state index contributed by atoms with van der Waals surface area (Å²) in [6, 6.07) is 0. The van der Waals surface area contributed by atoms with Gasteiger partial charge in [-0.3, -0.25) is 0 Å². The van der Waals surface area contributed by atoms with E-state index in [-0.39, 0.29) is 0 Å². The Kier molecular flexibility index (Phi) is 2.57. The average Bonchev–Trinajstić information content (AvgIpc) is 2.30. The van der Waals surface area contributed by atoms with Gasteiger partial charge >= 0.3 is 0 Å². The molecule has 1 aromatic rings. The zero-order valence-electron chi connectivity index (χ0n) is 11.3. The highest BCUT2D eigenvalue weighted by atomic mass is 16.7. The van der Waals surface area contributed by atoms with E-state index in [2.05, 4.69) is 0 Å². The Labute approximate surface area is 102 Å². The van der Waals surface area contributed by atoms with Crippen LogP contribution in [0.25, 0.3) is 5.57 Å². The first-order chi connectivity index (χ1) is 7.86. The Morgan fingerprint density at radius 3 is 2.12 bits per heavy atom.